The van der Waals surface area contributed by atoms with E-state index in [0.717, 1.165) is 0 Å². The van der Waals surface area contributed by atoms with Gasteiger partial charge in [0.15, 0.2) is 0 Å². The summed E-state index contributed by atoms with van der Waals surface area (Å²) in [5.74, 6) is 0.363. The third kappa shape index (κ3) is 2.32. The van der Waals surface area contributed by atoms with Gasteiger partial charge in [-0.1, -0.05) is 12.1 Å². The molecule has 0 spiro atoms. The summed E-state index contributed by atoms with van der Waals surface area (Å²) < 4.78 is 25.9. The van der Waals surface area contributed by atoms with Crippen molar-refractivity contribution in [3.63, 3.8) is 0 Å². The molecule has 92 valence electrons. The maximum absolute atomic E-state index is 11.8. The van der Waals surface area contributed by atoms with Crippen molar-refractivity contribution in [1.82, 2.24) is 4.72 Å². The molecule has 6 heteroatoms. The van der Waals surface area contributed by atoms with Gasteiger partial charge in [-0.2, -0.15) is 0 Å². The Morgan fingerprint density at radius 3 is 2.82 bits per heavy atom. The SMILES string of the molecule is CC(CCO)N=C1NS(=O)(=O)c2ccccc21. The van der Waals surface area contributed by atoms with Gasteiger partial charge in [0.05, 0.1) is 10.9 Å². The molecule has 1 aliphatic heterocycles. The van der Waals surface area contributed by atoms with E-state index in [1.807, 2.05) is 6.92 Å². The van der Waals surface area contributed by atoms with Crippen LogP contribution in [0.4, 0.5) is 0 Å². The average Bonchev–Trinajstić information content (AvgIpc) is 2.52. The van der Waals surface area contributed by atoms with Gasteiger partial charge in [0.1, 0.15) is 5.84 Å². The Hall–Kier alpha value is -1.40. The Labute approximate surface area is 100 Å². The third-order valence-electron chi connectivity index (χ3n) is 2.56. The summed E-state index contributed by atoms with van der Waals surface area (Å²) in [4.78, 5) is 4.53. The van der Waals surface area contributed by atoms with E-state index >= 15 is 0 Å². The van der Waals surface area contributed by atoms with E-state index in [-0.39, 0.29) is 17.5 Å². The van der Waals surface area contributed by atoms with Gasteiger partial charge in [-0.25, -0.2) is 8.42 Å². The molecule has 0 amide bonds. The number of hydrogen-bond acceptors (Lipinski definition) is 4. The summed E-state index contributed by atoms with van der Waals surface area (Å²) in [6.07, 6.45) is 0.507. The number of fused-ring (bicyclic) bond motifs is 1. The Morgan fingerprint density at radius 1 is 1.41 bits per heavy atom. The molecule has 2 rings (SSSR count). The summed E-state index contributed by atoms with van der Waals surface area (Å²) >= 11 is 0. The van der Waals surface area contributed by atoms with Crippen LogP contribution >= 0.6 is 0 Å². The molecular weight excluding hydrogens is 240 g/mol. The molecule has 0 fully saturated rings. The molecule has 0 radical (unpaired) electrons. The summed E-state index contributed by atoms with van der Waals surface area (Å²) in [7, 11) is -3.46. The van der Waals surface area contributed by atoms with Gasteiger partial charge in [0.2, 0.25) is 0 Å². The number of rotatable bonds is 3. The van der Waals surface area contributed by atoms with Crippen molar-refractivity contribution in [3.05, 3.63) is 29.8 Å². The van der Waals surface area contributed by atoms with Crippen LogP contribution in [0.3, 0.4) is 0 Å². The number of nitrogens with zero attached hydrogens (tertiary/aromatic N) is 1. The highest BCUT2D eigenvalue weighted by Gasteiger charge is 2.30. The lowest BCUT2D eigenvalue weighted by Crippen LogP contribution is -2.23. The van der Waals surface area contributed by atoms with Gasteiger partial charge < -0.3 is 5.11 Å². The molecule has 17 heavy (non-hydrogen) atoms. The largest absolute Gasteiger partial charge is 0.396 e. The van der Waals surface area contributed by atoms with Gasteiger partial charge in [-0.3, -0.25) is 9.71 Å². The molecule has 0 aromatic heterocycles. The first-order valence-corrected chi connectivity index (χ1v) is 6.84. The monoisotopic (exact) mass is 254 g/mol. The standard InChI is InChI=1S/C11H14N2O3S/c1-8(6-7-14)12-11-9-4-2-3-5-10(9)17(15,16)13-11/h2-5,8,14H,6-7H2,1H3,(H,12,13). The maximum Gasteiger partial charge on any atom is 0.263 e. The normalized spacial score (nSPS) is 20.9. The van der Waals surface area contributed by atoms with E-state index in [1.54, 1.807) is 24.3 Å². The quantitative estimate of drug-likeness (QED) is 0.824. The van der Waals surface area contributed by atoms with E-state index in [4.69, 9.17) is 5.11 Å². The topological polar surface area (TPSA) is 78.8 Å². The molecular formula is C11H14N2O3S. The second-order valence-electron chi connectivity index (χ2n) is 3.94. The number of nitrogens with one attached hydrogen (secondary N) is 1. The van der Waals surface area contributed by atoms with Gasteiger partial charge in [0.25, 0.3) is 10.0 Å². The van der Waals surface area contributed by atoms with Crippen molar-refractivity contribution in [3.8, 4) is 0 Å². The first kappa shape index (κ1) is 12.1. The predicted molar refractivity (Wildman–Crippen MR) is 64.5 cm³/mol. The number of sulfonamides is 1. The number of hydrogen-bond donors (Lipinski definition) is 2. The Morgan fingerprint density at radius 2 is 2.12 bits per heavy atom. The second-order valence-corrected chi connectivity index (χ2v) is 5.59. The van der Waals surface area contributed by atoms with Crippen LogP contribution < -0.4 is 4.72 Å². The summed E-state index contributed by atoms with van der Waals surface area (Å²) in [5.41, 5.74) is 0.595. The summed E-state index contributed by atoms with van der Waals surface area (Å²) in [5, 5.41) is 8.80. The minimum absolute atomic E-state index is 0.0341. The van der Waals surface area contributed by atoms with E-state index in [0.29, 0.717) is 17.8 Å². The van der Waals surface area contributed by atoms with Crippen molar-refractivity contribution in [1.29, 1.82) is 0 Å². The van der Waals surface area contributed by atoms with Crippen molar-refractivity contribution < 1.29 is 13.5 Å². The number of amidine groups is 1. The number of aliphatic imine (C=N–C) groups is 1. The van der Waals surface area contributed by atoms with Crippen molar-refractivity contribution in [2.75, 3.05) is 6.61 Å². The first-order valence-electron chi connectivity index (χ1n) is 5.35. The zero-order valence-electron chi connectivity index (χ0n) is 9.42. The van der Waals surface area contributed by atoms with Crippen LogP contribution in [0.2, 0.25) is 0 Å². The van der Waals surface area contributed by atoms with E-state index in [2.05, 4.69) is 9.71 Å². The van der Waals surface area contributed by atoms with Crippen LogP contribution in [-0.2, 0) is 10.0 Å². The highest BCUT2D eigenvalue weighted by atomic mass is 32.2. The molecule has 0 bridgehead atoms. The maximum atomic E-state index is 11.8. The Balaban J connectivity index is 2.42. The predicted octanol–water partition coefficient (Wildman–Crippen LogP) is 0.496. The van der Waals surface area contributed by atoms with E-state index in [1.165, 1.54) is 0 Å². The molecule has 0 aliphatic carbocycles. The van der Waals surface area contributed by atoms with Crippen LogP contribution in [0.1, 0.15) is 18.9 Å². The van der Waals surface area contributed by atoms with Crippen LogP contribution in [0.25, 0.3) is 0 Å². The zero-order chi connectivity index (χ0) is 12.5. The van der Waals surface area contributed by atoms with Gasteiger partial charge in [-0.05, 0) is 25.5 Å². The highest BCUT2D eigenvalue weighted by molar-refractivity contribution is 7.90. The number of benzene rings is 1. The van der Waals surface area contributed by atoms with Crippen molar-refractivity contribution >= 4 is 15.9 Å². The fraction of sp³-hybridized carbons (Fsp3) is 0.364. The summed E-state index contributed by atoms with van der Waals surface area (Å²) in [6.45, 7) is 1.87. The first-order chi connectivity index (χ1) is 8.04. The molecule has 1 unspecified atom stereocenters. The molecule has 5 nitrogen and oxygen atoms in total. The molecule has 1 aromatic rings. The fourth-order valence-electron chi connectivity index (χ4n) is 1.70. The molecule has 1 aliphatic rings. The molecule has 1 aromatic carbocycles. The van der Waals surface area contributed by atoms with Crippen LogP contribution in [0.5, 0.6) is 0 Å². The Bertz CT molecular complexity index is 552. The van der Waals surface area contributed by atoms with Gasteiger partial charge in [0, 0.05) is 12.2 Å². The lowest BCUT2D eigenvalue weighted by molar-refractivity contribution is 0.279. The molecule has 2 N–H and O–H groups in total. The van der Waals surface area contributed by atoms with E-state index in [9.17, 15) is 8.42 Å². The molecule has 0 saturated heterocycles. The van der Waals surface area contributed by atoms with Crippen LogP contribution in [0, 0.1) is 0 Å². The van der Waals surface area contributed by atoms with Crippen molar-refractivity contribution in [2.45, 2.75) is 24.3 Å². The summed E-state index contributed by atoms with van der Waals surface area (Å²) in [6, 6.07) is 6.60. The van der Waals surface area contributed by atoms with Crippen molar-refractivity contribution in [2.24, 2.45) is 4.99 Å². The van der Waals surface area contributed by atoms with E-state index < -0.39 is 10.0 Å². The highest BCUT2D eigenvalue weighted by Crippen LogP contribution is 2.22. The lowest BCUT2D eigenvalue weighted by atomic mass is 10.2. The van der Waals surface area contributed by atoms with Crippen LogP contribution in [0.15, 0.2) is 34.2 Å². The molecule has 0 saturated carbocycles. The van der Waals surface area contributed by atoms with Gasteiger partial charge >= 0.3 is 0 Å². The Kier molecular flexibility index (Phi) is 3.17. The van der Waals surface area contributed by atoms with Gasteiger partial charge in [-0.15, -0.1) is 0 Å². The minimum atomic E-state index is -3.46. The zero-order valence-corrected chi connectivity index (χ0v) is 10.2. The number of aliphatic hydroxyl groups excluding tert-OH is 1. The number of aliphatic hydroxyl groups is 1. The second kappa shape index (κ2) is 4.46. The molecule has 1 atom stereocenters. The minimum Gasteiger partial charge on any atom is -0.396 e. The molecule has 1 heterocycles. The lowest BCUT2D eigenvalue weighted by Gasteiger charge is -2.05. The van der Waals surface area contributed by atoms with Crippen LogP contribution in [-0.4, -0.2) is 32.0 Å². The third-order valence-corrected chi connectivity index (χ3v) is 3.96. The smallest absolute Gasteiger partial charge is 0.263 e. The fourth-order valence-corrected chi connectivity index (χ4v) is 2.94. The average molecular weight is 254 g/mol.